The van der Waals surface area contributed by atoms with Crippen molar-refractivity contribution in [1.29, 1.82) is 0 Å². The van der Waals surface area contributed by atoms with Gasteiger partial charge in [-0.15, -0.1) is 0 Å². The third kappa shape index (κ3) is 3.80. The van der Waals surface area contributed by atoms with E-state index in [1.165, 1.54) is 12.1 Å². The van der Waals surface area contributed by atoms with E-state index in [1.54, 1.807) is 31.3 Å². The Labute approximate surface area is 124 Å². The molecule has 2 aromatic carbocycles. The van der Waals surface area contributed by atoms with Gasteiger partial charge in [-0.3, -0.25) is 4.72 Å². The van der Waals surface area contributed by atoms with E-state index in [0.717, 1.165) is 11.6 Å². The van der Waals surface area contributed by atoms with Gasteiger partial charge in [-0.25, -0.2) is 12.8 Å². The molecule has 112 valence electrons. The van der Waals surface area contributed by atoms with E-state index in [9.17, 15) is 12.8 Å². The van der Waals surface area contributed by atoms with Crippen molar-refractivity contribution >= 4 is 15.7 Å². The van der Waals surface area contributed by atoms with Crippen LogP contribution in [0.1, 0.15) is 11.1 Å². The van der Waals surface area contributed by atoms with Crippen LogP contribution < -0.4 is 10.0 Å². The molecule has 0 saturated heterocycles. The SMILES string of the molecule is CNCc1ccc(F)cc1S(=O)(=O)Nc1ccc(C)cc1. The lowest BCUT2D eigenvalue weighted by atomic mass is 10.2. The van der Waals surface area contributed by atoms with E-state index >= 15 is 0 Å². The van der Waals surface area contributed by atoms with Crippen molar-refractivity contribution in [3.63, 3.8) is 0 Å². The van der Waals surface area contributed by atoms with Gasteiger partial charge in [0, 0.05) is 12.2 Å². The Balaban J connectivity index is 2.39. The maximum absolute atomic E-state index is 13.4. The highest BCUT2D eigenvalue weighted by atomic mass is 32.2. The average molecular weight is 308 g/mol. The summed E-state index contributed by atoms with van der Waals surface area (Å²) in [7, 11) is -2.13. The molecule has 0 aliphatic carbocycles. The van der Waals surface area contributed by atoms with Gasteiger partial charge in [-0.05, 0) is 43.8 Å². The van der Waals surface area contributed by atoms with Crippen LogP contribution in [0, 0.1) is 12.7 Å². The molecule has 2 aromatic rings. The summed E-state index contributed by atoms with van der Waals surface area (Å²) in [6.45, 7) is 2.25. The lowest BCUT2D eigenvalue weighted by Crippen LogP contribution is -2.17. The smallest absolute Gasteiger partial charge is 0.262 e. The Hall–Kier alpha value is -1.92. The minimum absolute atomic E-state index is 0.0579. The molecule has 4 nitrogen and oxygen atoms in total. The molecule has 21 heavy (non-hydrogen) atoms. The molecule has 0 heterocycles. The second-order valence-corrected chi connectivity index (χ2v) is 6.40. The van der Waals surface area contributed by atoms with Crippen molar-refractivity contribution < 1.29 is 12.8 Å². The van der Waals surface area contributed by atoms with Crippen LogP contribution in [0.5, 0.6) is 0 Å². The number of nitrogens with one attached hydrogen (secondary N) is 2. The molecule has 0 atom stereocenters. The molecule has 0 spiro atoms. The first-order valence-electron chi connectivity index (χ1n) is 6.45. The molecule has 0 bridgehead atoms. The van der Waals surface area contributed by atoms with Gasteiger partial charge in [0.1, 0.15) is 5.82 Å². The maximum atomic E-state index is 13.4. The van der Waals surface area contributed by atoms with Crippen molar-refractivity contribution in [2.24, 2.45) is 0 Å². The van der Waals surface area contributed by atoms with Gasteiger partial charge in [0.2, 0.25) is 0 Å². The predicted molar refractivity (Wildman–Crippen MR) is 81.2 cm³/mol. The third-order valence-electron chi connectivity index (χ3n) is 2.99. The topological polar surface area (TPSA) is 58.2 Å². The van der Waals surface area contributed by atoms with Crippen LogP contribution in [0.25, 0.3) is 0 Å². The molecule has 0 amide bonds. The zero-order valence-electron chi connectivity index (χ0n) is 11.9. The van der Waals surface area contributed by atoms with Crippen LogP contribution in [0.3, 0.4) is 0 Å². The Kier molecular flexibility index (Phi) is 4.59. The number of rotatable bonds is 5. The van der Waals surface area contributed by atoms with Gasteiger partial charge in [0.05, 0.1) is 4.90 Å². The molecule has 6 heteroatoms. The number of benzene rings is 2. The van der Waals surface area contributed by atoms with Crippen LogP contribution in [0.15, 0.2) is 47.4 Å². The summed E-state index contributed by atoms with van der Waals surface area (Å²) in [6, 6.07) is 10.7. The molecule has 0 radical (unpaired) electrons. The molecular formula is C15H17FN2O2S. The van der Waals surface area contributed by atoms with Gasteiger partial charge < -0.3 is 5.32 Å². The first-order chi connectivity index (χ1) is 9.92. The van der Waals surface area contributed by atoms with E-state index < -0.39 is 15.8 Å². The summed E-state index contributed by atoms with van der Waals surface area (Å²) in [5.41, 5.74) is 1.98. The normalized spacial score (nSPS) is 11.4. The first-order valence-corrected chi connectivity index (χ1v) is 7.93. The fourth-order valence-corrected chi connectivity index (χ4v) is 3.26. The zero-order valence-corrected chi connectivity index (χ0v) is 12.7. The molecule has 2 rings (SSSR count). The Morgan fingerprint density at radius 3 is 2.38 bits per heavy atom. The largest absolute Gasteiger partial charge is 0.316 e. The molecule has 0 saturated carbocycles. The van der Waals surface area contributed by atoms with Crippen LogP contribution >= 0.6 is 0 Å². The number of halogens is 1. The summed E-state index contributed by atoms with van der Waals surface area (Å²) in [4.78, 5) is -0.0579. The molecule has 0 aromatic heterocycles. The molecule has 0 aliphatic heterocycles. The lowest BCUT2D eigenvalue weighted by Gasteiger charge is -2.12. The minimum atomic E-state index is -3.83. The second kappa shape index (κ2) is 6.24. The zero-order chi connectivity index (χ0) is 15.5. The number of sulfonamides is 1. The number of hydrogen-bond acceptors (Lipinski definition) is 3. The summed E-state index contributed by atoms with van der Waals surface area (Å²) in [6.07, 6.45) is 0. The van der Waals surface area contributed by atoms with Crippen LogP contribution in [0.4, 0.5) is 10.1 Å². The van der Waals surface area contributed by atoms with Gasteiger partial charge in [0.15, 0.2) is 0 Å². The fraction of sp³-hybridized carbons (Fsp3) is 0.200. The lowest BCUT2D eigenvalue weighted by molar-refractivity contribution is 0.592. The maximum Gasteiger partial charge on any atom is 0.262 e. The summed E-state index contributed by atoms with van der Waals surface area (Å²) in [5, 5.41) is 2.87. The van der Waals surface area contributed by atoms with Crippen molar-refractivity contribution in [1.82, 2.24) is 5.32 Å². The summed E-state index contributed by atoms with van der Waals surface area (Å²) >= 11 is 0. The molecule has 0 aliphatic rings. The number of anilines is 1. The van der Waals surface area contributed by atoms with Gasteiger partial charge in [-0.1, -0.05) is 23.8 Å². The van der Waals surface area contributed by atoms with Gasteiger partial charge in [0.25, 0.3) is 10.0 Å². The van der Waals surface area contributed by atoms with E-state index in [1.807, 2.05) is 6.92 Å². The summed E-state index contributed by atoms with van der Waals surface area (Å²) in [5.74, 6) is -0.584. The quantitative estimate of drug-likeness (QED) is 0.893. The van der Waals surface area contributed by atoms with Gasteiger partial charge in [-0.2, -0.15) is 0 Å². The Morgan fingerprint density at radius 2 is 1.76 bits per heavy atom. The van der Waals surface area contributed by atoms with Crippen LogP contribution in [-0.4, -0.2) is 15.5 Å². The van der Waals surface area contributed by atoms with E-state index in [-0.39, 0.29) is 4.90 Å². The first kappa shape index (κ1) is 15.5. The molecule has 0 unspecified atom stereocenters. The standard InChI is InChI=1S/C15H17FN2O2S/c1-11-3-7-14(8-4-11)18-21(19,20)15-9-13(16)6-5-12(15)10-17-2/h3-9,17-18H,10H2,1-2H3. The van der Waals surface area contributed by atoms with Crippen molar-refractivity contribution in [3.8, 4) is 0 Å². The van der Waals surface area contributed by atoms with E-state index in [4.69, 9.17) is 0 Å². The Bertz CT molecular complexity index is 728. The molecule has 2 N–H and O–H groups in total. The van der Waals surface area contributed by atoms with E-state index in [2.05, 4.69) is 10.0 Å². The minimum Gasteiger partial charge on any atom is -0.316 e. The van der Waals surface area contributed by atoms with Crippen LogP contribution in [0.2, 0.25) is 0 Å². The highest BCUT2D eigenvalue weighted by molar-refractivity contribution is 7.92. The molecular weight excluding hydrogens is 291 g/mol. The monoisotopic (exact) mass is 308 g/mol. The van der Waals surface area contributed by atoms with Crippen molar-refractivity contribution in [3.05, 3.63) is 59.4 Å². The van der Waals surface area contributed by atoms with E-state index in [0.29, 0.717) is 17.8 Å². The van der Waals surface area contributed by atoms with Crippen LogP contribution in [-0.2, 0) is 16.6 Å². The fourth-order valence-electron chi connectivity index (χ4n) is 1.95. The van der Waals surface area contributed by atoms with Crippen molar-refractivity contribution in [2.75, 3.05) is 11.8 Å². The molecule has 0 fully saturated rings. The summed E-state index contributed by atoms with van der Waals surface area (Å²) < 4.78 is 40.7. The highest BCUT2D eigenvalue weighted by Gasteiger charge is 2.19. The predicted octanol–water partition coefficient (Wildman–Crippen LogP) is 2.65. The average Bonchev–Trinajstić information content (AvgIpc) is 2.43. The highest BCUT2D eigenvalue weighted by Crippen LogP contribution is 2.21. The van der Waals surface area contributed by atoms with Gasteiger partial charge >= 0.3 is 0 Å². The third-order valence-corrected chi connectivity index (χ3v) is 4.45. The van der Waals surface area contributed by atoms with Crippen molar-refractivity contribution in [2.45, 2.75) is 18.4 Å². The second-order valence-electron chi connectivity index (χ2n) is 4.75. The Morgan fingerprint density at radius 1 is 1.10 bits per heavy atom. The number of aryl methyl sites for hydroxylation is 1. The number of hydrogen-bond donors (Lipinski definition) is 2.